The molecule has 1 saturated carbocycles. The molecule has 0 aromatic heterocycles. The van der Waals surface area contributed by atoms with Crippen LogP contribution in [0, 0.1) is 5.41 Å². The lowest BCUT2D eigenvalue weighted by molar-refractivity contribution is 0.243. The molecule has 0 spiro atoms. The number of ether oxygens (including phenoxy) is 1. The summed E-state index contributed by atoms with van der Waals surface area (Å²) in [5, 5.41) is 12.7. The number of aliphatic hydroxyl groups excluding tert-OH is 1. The normalized spacial score (nSPS) is 17.8. The summed E-state index contributed by atoms with van der Waals surface area (Å²) >= 11 is 0. The van der Waals surface area contributed by atoms with E-state index < -0.39 is 0 Å². The van der Waals surface area contributed by atoms with Crippen LogP contribution in [-0.2, 0) is 0 Å². The predicted molar refractivity (Wildman–Crippen MR) is 82.0 cm³/mol. The molecule has 112 valence electrons. The molecule has 0 radical (unpaired) electrons. The zero-order chi connectivity index (χ0) is 14.4. The van der Waals surface area contributed by atoms with Crippen molar-refractivity contribution in [1.82, 2.24) is 5.32 Å². The van der Waals surface area contributed by atoms with Gasteiger partial charge in [0, 0.05) is 19.2 Å². The topological polar surface area (TPSA) is 41.5 Å². The van der Waals surface area contributed by atoms with Gasteiger partial charge >= 0.3 is 0 Å². The van der Waals surface area contributed by atoms with Crippen LogP contribution in [0.15, 0.2) is 24.3 Å². The minimum atomic E-state index is 0.305. The molecule has 2 rings (SSSR count). The summed E-state index contributed by atoms with van der Waals surface area (Å²) in [7, 11) is 0. The number of rotatable bonds is 9. The summed E-state index contributed by atoms with van der Waals surface area (Å²) in [6.07, 6.45) is 4.46. The number of aliphatic hydroxyl groups is 1. The van der Waals surface area contributed by atoms with E-state index in [9.17, 15) is 0 Å². The molecule has 1 atom stereocenters. The maximum Gasteiger partial charge on any atom is 0.119 e. The average Bonchev–Trinajstić information content (AvgIpc) is 3.24. The van der Waals surface area contributed by atoms with Gasteiger partial charge in [-0.15, -0.1) is 0 Å². The number of nitrogens with one attached hydrogen (secondary N) is 1. The van der Waals surface area contributed by atoms with Gasteiger partial charge in [0.25, 0.3) is 0 Å². The molecule has 1 fully saturated rings. The summed E-state index contributed by atoms with van der Waals surface area (Å²) < 4.78 is 5.60. The van der Waals surface area contributed by atoms with Crippen molar-refractivity contribution in [1.29, 1.82) is 0 Å². The van der Waals surface area contributed by atoms with E-state index >= 15 is 0 Å². The third-order valence-corrected chi connectivity index (χ3v) is 4.24. The Kier molecular flexibility index (Phi) is 5.44. The molecule has 1 aliphatic rings. The van der Waals surface area contributed by atoms with Crippen LogP contribution in [0.3, 0.4) is 0 Å². The lowest BCUT2D eigenvalue weighted by atomic mass is 10.0. The Balaban J connectivity index is 1.81. The molecule has 2 N–H and O–H groups in total. The summed E-state index contributed by atoms with van der Waals surface area (Å²) in [6, 6.07) is 8.70. The predicted octanol–water partition coefficient (Wildman–Crippen LogP) is 3.29. The molecule has 0 amide bonds. The van der Waals surface area contributed by atoms with Crippen molar-refractivity contribution >= 4 is 0 Å². The molecule has 0 heterocycles. The Morgan fingerprint density at radius 1 is 1.30 bits per heavy atom. The summed E-state index contributed by atoms with van der Waals surface area (Å²) in [5.41, 5.74) is 1.65. The van der Waals surface area contributed by atoms with Gasteiger partial charge in [0.05, 0.1) is 6.61 Å². The highest BCUT2D eigenvalue weighted by Gasteiger charge is 2.41. The number of hydrogen-bond acceptors (Lipinski definition) is 3. The first-order valence-corrected chi connectivity index (χ1v) is 7.76. The first-order valence-electron chi connectivity index (χ1n) is 7.76. The van der Waals surface area contributed by atoms with E-state index in [1.165, 1.54) is 18.4 Å². The Labute approximate surface area is 122 Å². The quantitative estimate of drug-likeness (QED) is 0.728. The van der Waals surface area contributed by atoms with E-state index in [1.54, 1.807) is 0 Å². The third-order valence-electron chi connectivity index (χ3n) is 4.24. The van der Waals surface area contributed by atoms with Gasteiger partial charge in [0.2, 0.25) is 0 Å². The van der Waals surface area contributed by atoms with Crippen molar-refractivity contribution in [3.63, 3.8) is 0 Å². The van der Waals surface area contributed by atoms with Crippen LogP contribution in [0.1, 0.15) is 51.1 Å². The van der Waals surface area contributed by atoms with Crippen LogP contribution in [0.25, 0.3) is 0 Å². The van der Waals surface area contributed by atoms with Crippen LogP contribution >= 0.6 is 0 Å². The molecule has 3 heteroatoms. The van der Waals surface area contributed by atoms with E-state index in [1.807, 2.05) is 12.1 Å². The van der Waals surface area contributed by atoms with Crippen molar-refractivity contribution < 1.29 is 9.84 Å². The minimum absolute atomic E-state index is 0.305. The zero-order valence-corrected chi connectivity index (χ0v) is 12.7. The SMILES string of the molecule is CCCOc1ccc(C(C)NCC2(CCO)CC2)cc1. The number of hydrogen-bond donors (Lipinski definition) is 2. The molecule has 0 saturated heterocycles. The molecule has 1 unspecified atom stereocenters. The highest BCUT2D eigenvalue weighted by Crippen LogP contribution is 2.48. The molecule has 3 nitrogen and oxygen atoms in total. The van der Waals surface area contributed by atoms with Gasteiger partial charge < -0.3 is 15.2 Å². The van der Waals surface area contributed by atoms with Crippen LogP contribution in [-0.4, -0.2) is 24.9 Å². The molecule has 0 aliphatic heterocycles. The Bertz CT molecular complexity index is 398. The Morgan fingerprint density at radius 2 is 2.00 bits per heavy atom. The van der Waals surface area contributed by atoms with E-state index in [4.69, 9.17) is 9.84 Å². The lowest BCUT2D eigenvalue weighted by Crippen LogP contribution is -2.27. The standard InChI is InChI=1S/C17H27NO2/c1-3-12-20-16-6-4-15(5-7-16)14(2)18-13-17(8-9-17)10-11-19/h4-7,14,18-19H,3,8-13H2,1-2H3. The fourth-order valence-electron chi connectivity index (χ4n) is 2.49. The van der Waals surface area contributed by atoms with Crippen LogP contribution < -0.4 is 10.1 Å². The summed E-state index contributed by atoms with van der Waals surface area (Å²) in [6.45, 7) is 6.39. The van der Waals surface area contributed by atoms with Crippen LogP contribution in [0.5, 0.6) is 5.75 Å². The second kappa shape index (κ2) is 7.09. The minimum Gasteiger partial charge on any atom is -0.494 e. The van der Waals surface area contributed by atoms with Crippen molar-refractivity contribution in [3.8, 4) is 5.75 Å². The molecule has 1 aliphatic carbocycles. The van der Waals surface area contributed by atoms with Crippen molar-refractivity contribution in [2.75, 3.05) is 19.8 Å². The van der Waals surface area contributed by atoms with E-state index in [0.29, 0.717) is 18.1 Å². The van der Waals surface area contributed by atoms with Gasteiger partial charge in [-0.05, 0) is 55.7 Å². The molecular formula is C17H27NO2. The largest absolute Gasteiger partial charge is 0.494 e. The van der Waals surface area contributed by atoms with Gasteiger partial charge in [-0.2, -0.15) is 0 Å². The smallest absolute Gasteiger partial charge is 0.119 e. The van der Waals surface area contributed by atoms with Crippen molar-refractivity contribution in [2.24, 2.45) is 5.41 Å². The Hall–Kier alpha value is -1.06. The first-order chi connectivity index (χ1) is 9.69. The fourth-order valence-corrected chi connectivity index (χ4v) is 2.49. The van der Waals surface area contributed by atoms with Gasteiger partial charge in [0.1, 0.15) is 5.75 Å². The monoisotopic (exact) mass is 277 g/mol. The van der Waals surface area contributed by atoms with E-state index in [0.717, 1.165) is 31.7 Å². The molecule has 1 aromatic rings. The summed E-state index contributed by atoms with van der Waals surface area (Å²) in [5.74, 6) is 0.946. The van der Waals surface area contributed by atoms with Crippen molar-refractivity contribution in [3.05, 3.63) is 29.8 Å². The molecule has 0 bridgehead atoms. The second-order valence-corrected chi connectivity index (χ2v) is 5.99. The maximum atomic E-state index is 9.08. The Morgan fingerprint density at radius 3 is 2.55 bits per heavy atom. The average molecular weight is 277 g/mol. The third kappa shape index (κ3) is 4.22. The van der Waals surface area contributed by atoms with Gasteiger partial charge in [-0.25, -0.2) is 0 Å². The second-order valence-electron chi connectivity index (χ2n) is 5.99. The van der Waals surface area contributed by atoms with Crippen LogP contribution in [0.4, 0.5) is 0 Å². The zero-order valence-electron chi connectivity index (χ0n) is 12.7. The lowest BCUT2D eigenvalue weighted by Gasteiger charge is -2.20. The van der Waals surface area contributed by atoms with Gasteiger partial charge in [-0.1, -0.05) is 19.1 Å². The van der Waals surface area contributed by atoms with Gasteiger partial charge in [0.15, 0.2) is 0 Å². The molecular weight excluding hydrogens is 250 g/mol. The highest BCUT2D eigenvalue weighted by molar-refractivity contribution is 5.29. The first kappa shape index (κ1) is 15.3. The van der Waals surface area contributed by atoms with Gasteiger partial charge in [-0.3, -0.25) is 0 Å². The molecule has 20 heavy (non-hydrogen) atoms. The summed E-state index contributed by atoms with van der Waals surface area (Å²) in [4.78, 5) is 0. The van der Waals surface area contributed by atoms with Crippen molar-refractivity contribution in [2.45, 2.75) is 45.6 Å². The number of benzene rings is 1. The maximum absolute atomic E-state index is 9.08. The molecule has 1 aromatic carbocycles. The fraction of sp³-hybridized carbons (Fsp3) is 0.647. The van der Waals surface area contributed by atoms with E-state index in [-0.39, 0.29) is 0 Å². The van der Waals surface area contributed by atoms with E-state index in [2.05, 4.69) is 31.3 Å². The van der Waals surface area contributed by atoms with Crippen LogP contribution in [0.2, 0.25) is 0 Å². The highest BCUT2D eigenvalue weighted by atomic mass is 16.5.